The molecule has 3 aromatic carbocycles. The van der Waals surface area contributed by atoms with Crippen LogP contribution in [0.1, 0.15) is 16.7 Å². The van der Waals surface area contributed by atoms with Gasteiger partial charge in [-0.25, -0.2) is 0 Å². The minimum atomic E-state index is -0.196. The Labute approximate surface area is 166 Å². The number of aliphatic imine (C=N–C) groups is 1. The van der Waals surface area contributed by atoms with Gasteiger partial charge >= 0.3 is 0 Å². The Morgan fingerprint density at radius 1 is 1.03 bits per heavy atom. The van der Waals surface area contributed by atoms with Crippen LogP contribution in [0.15, 0.2) is 76.5 Å². The van der Waals surface area contributed by atoms with Gasteiger partial charge in [0, 0.05) is 11.6 Å². The van der Waals surface area contributed by atoms with Crippen LogP contribution >= 0.6 is 0 Å². The Bertz CT molecular complexity index is 1540. The van der Waals surface area contributed by atoms with E-state index in [1.165, 1.54) is 0 Å². The second-order valence-electron chi connectivity index (χ2n) is 6.91. The standard InChI is InChI=1S/C24H16N4O/c1-15-18(13-25)23-27-21-10-4-5-12-22(21)28(23)24(29)19(15)14-26-20-11-6-8-16-7-2-3-9-17(16)20/h2-12,14,27H,1H3. The first-order valence-electron chi connectivity index (χ1n) is 9.27. The van der Waals surface area contributed by atoms with Crippen molar-refractivity contribution in [3.05, 3.63) is 93.8 Å². The van der Waals surface area contributed by atoms with Crippen molar-refractivity contribution in [1.29, 1.82) is 5.26 Å². The van der Waals surface area contributed by atoms with Crippen molar-refractivity contribution in [2.45, 2.75) is 6.92 Å². The lowest BCUT2D eigenvalue weighted by molar-refractivity contribution is 1.12. The molecule has 0 atom stereocenters. The number of fused-ring (bicyclic) bond motifs is 4. The SMILES string of the molecule is Cc1c(C=Nc2cccc3ccccc23)c(=O)n2c([nH]c3ccccc32)c1C#N. The number of aromatic amines is 1. The summed E-state index contributed by atoms with van der Waals surface area (Å²) in [5.41, 5.74) is 4.12. The largest absolute Gasteiger partial charge is 0.338 e. The van der Waals surface area contributed by atoms with Crippen molar-refractivity contribution in [3.8, 4) is 6.07 Å². The van der Waals surface area contributed by atoms with E-state index in [-0.39, 0.29) is 5.56 Å². The molecule has 0 fully saturated rings. The molecule has 0 bridgehead atoms. The summed E-state index contributed by atoms with van der Waals surface area (Å²) in [4.78, 5) is 21.1. The second-order valence-corrected chi connectivity index (χ2v) is 6.91. The monoisotopic (exact) mass is 376 g/mol. The summed E-state index contributed by atoms with van der Waals surface area (Å²) in [6, 6.07) is 23.6. The van der Waals surface area contributed by atoms with E-state index in [2.05, 4.69) is 16.0 Å². The van der Waals surface area contributed by atoms with Crippen LogP contribution in [0.5, 0.6) is 0 Å². The summed E-state index contributed by atoms with van der Waals surface area (Å²) in [6.07, 6.45) is 1.58. The molecule has 5 aromatic rings. The third kappa shape index (κ3) is 2.54. The van der Waals surface area contributed by atoms with Crippen molar-refractivity contribution in [3.63, 3.8) is 0 Å². The molecule has 5 nitrogen and oxygen atoms in total. The molecule has 0 aliphatic carbocycles. The molecule has 29 heavy (non-hydrogen) atoms. The first kappa shape index (κ1) is 17.0. The number of hydrogen-bond acceptors (Lipinski definition) is 3. The van der Waals surface area contributed by atoms with Crippen LogP contribution in [0.25, 0.3) is 27.5 Å². The highest BCUT2D eigenvalue weighted by atomic mass is 16.1. The summed E-state index contributed by atoms with van der Waals surface area (Å²) in [5, 5.41) is 11.8. The molecule has 0 radical (unpaired) electrons. The van der Waals surface area contributed by atoms with Gasteiger partial charge in [-0.1, -0.05) is 48.5 Å². The molecule has 0 aliphatic rings. The van der Waals surface area contributed by atoms with Crippen molar-refractivity contribution < 1.29 is 0 Å². The number of aromatic nitrogens is 2. The lowest BCUT2D eigenvalue weighted by Gasteiger charge is -2.06. The fourth-order valence-corrected chi connectivity index (χ4v) is 3.80. The number of pyridine rings is 1. The van der Waals surface area contributed by atoms with Gasteiger partial charge in [-0.3, -0.25) is 14.2 Å². The predicted molar refractivity (Wildman–Crippen MR) is 116 cm³/mol. The average Bonchev–Trinajstić information content (AvgIpc) is 3.13. The zero-order valence-electron chi connectivity index (χ0n) is 15.7. The van der Waals surface area contributed by atoms with Crippen molar-refractivity contribution in [2.24, 2.45) is 4.99 Å². The Morgan fingerprint density at radius 2 is 1.79 bits per heavy atom. The molecule has 0 saturated heterocycles. The van der Waals surface area contributed by atoms with Gasteiger partial charge in [-0.2, -0.15) is 5.26 Å². The zero-order chi connectivity index (χ0) is 20.0. The summed E-state index contributed by atoms with van der Waals surface area (Å²) in [7, 11) is 0. The summed E-state index contributed by atoms with van der Waals surface area (Å²) >= 11 is 0. The Morgan fingerprint density at radius 3 is 2.66 bits per heavy atom. The number of nitriles is 1. The topological polar surface area (TPSA) is 73.4 Å². The first-order valence-corrected chi connectivity index (χ1v) is 9.27. The van der Waals surface area contributed by atoms with Crippen LogP contribution in [0.3, 0.4) is 0 Å². The summed E-state index contributed by atoms with van der Waals surface area (Å²) in [6.45, 7) is 1.79. The number of hydrogen-bond donors (Lipinski definition) is 1. The van der Waals surface area contributed by atoms with Crippen molar-refractivity contribution >= 4 is 39.4 Å². The van der Waals surface area contributed by atoms with Crippen LogP contribution in [0.2, 0.25) is 0 Å². The lowest BCUT2D eigenvalue weighted by Crippen LogP contribution is -2.20. The van der Waals surface area contributed by atoms with Crippen molar-refractivity contribution in [1.82, 2.24) is 9.38 Å². The molecule has 1 N–H and O–H groups in total. The molecule has 0 saturated carbocycles. The molecule has 138 valence electrons. The van der Waals surface area contributed by atoms with E-state index in [1.807, 2.05) is 66.7 Å². The molecule has 0 aliphatic heterocycles. The predicted octanol–water partition coefficient (Wildman–Crippen LogP) is 4.86. The number of benzene rings is 3. The molecule has 2 heterocycles. The highest BCUT2D eigenvalue weighted by Gasteiger charge is 2.17. The maximum Gasteiger partial charge on any atom is 0.265 e. The van der Waals surface area contributed by atoms with E-state index in [0.717, 1.165) is 27.5 Å². The molecular weight excluding hydrogens is 360 g/mol. The second kappa shape index (κ2) is 6.47. The lowest BCUT2D eigenvalue weighted by atomic mass is 10.1. The average molecular weight is 376 g/mol. The molecule has 2 aromatic heterocycles. The smallest absolute Gasteiger partial charge is 0.265 e. The van der Waals surface area contributed by atoms with Crippen LogP contribution in [-0.4, -0.2) is 15.6 Å². The molecular formula is C24H16N4O. The van der Waals surface area contributed by atoms with Crippen LogP contribution in [-0.2, 0) is 0 Å². The van der Waals surface area contributed by atoms with E-state index in [9.17, 15) is 10.1 Å². The van der Waals surface area contributed by atoms with E-state index in [1.54, 1.807) is 17.5 Å². The minimum absolute atomic E-state index is 0.196. The fraction of sp³-hybridized carbons (Fsp3) is 0.0417. The van der Waals surface area contributed by atoms with Crippen LogP contribution in [0.4, 0.5) is 5.69 Å². The molecule has 5 heteroatoms. The Balaban J connectivity index is 1.79. The Hall–Kier alpha value is -4.17. The molecule has 0 spiro atoms. The van der Waals surface area contributed by atoms with Gasteiger partial charge in [-0.15, -0.1) is 0 Å². The van der Waals surface area contributed by atoms with E-state index in [0.29, 0.717) is 22.3 Å². The highest BCUT2D eigenvalue weighted by Crippen LogP contribution is 2.26. The number of nitrogens with zero attached hydrogens (tertiary/aromatic N) is 3. The summed E-state index contributed by atoms with van der Waals surface area (Å²) < 4.78 is 1.56. The number of H-pyrrole nitrogens is 1. The van der Waals surface area contributed by atoms with E-state index >= 15 is 0 Å². The van der Waals surface area contributed by atoms with Gasteiger partial charge in [0.05, 0.1) is 27.8 Å². The van der Waals surface area contributed by atoms with Crippen LogP contribution in [0, 0.1) is 18.3 Å². The number of para-hydroxylation sites is 2. The number of imidazole rings is 1. The third-order valence-corrected chi connectivity index (χ3v) is 5.28. The quantitative estimate of drug-likeness (QED) is 0.447. The van der Waals surface area contributed by atoms with Gasteiger partial charge in [0.1, 0.15) is 11.7 Å². The van der Waals surface area contributed by atoms with Crippen molar-refractivity contribution in [2.75, 3.05) is 0 Å². The normalized spacial score (nSPS) is 11.6. The van der Waals surface area contributed by atoms with Gasteiger partial charge in [-0.05, 0) is 36.1 Å². The van der Waals surface area contributed by atoms with Gasteiger partial charge in [0.2, 0.25) is 0 Å². The maximum atomic E-state index is 13.3. The molecule has 0 amide bonds. The Kier molecular flexibility index (Phi) is 3.78. The first-order chi connectivity index (χ1) is 14.2. The summed E-state index contributed by atoms with van der Waals surface area (Å²) in [5.74, 6) is 0. The maximum absolute atomic E-state index is 13.3. The molecule has 0 unspecified atom stereocenters. The minimum Gasteiger partial charge on any atom is -0.338 e. The third-order valence-electron chi connectivity index (χ3n) is 5.28. The fourth-order valence-electron chi connectivity index (χ4n) is 3.80. The zero-order valence-corrected chi connectivity index (χ0v) is 15.7. The highest BCUT2D eigenvalue weighted by molar-refractivity contribution is 5.96. The van der Waals surface area contributed by atoms with E-state index in [4.69, 9.17) is 0 Å². The van der Waals surface area contributed by atoms with Gasteiger partial charge in [0.15, 0.2) is 0 Å². The van der Waals surface area contributed by atoms with Crippen LogP contribution < -0.4 is 5.56 Å². The van der Waals surface area contributed by atoms with E-state index < -0.39 is 0 Å². The number of nitrogens with one attached hydrogen (secondary N) is 1. The number of rotatable bonds is 2. The molecule has 5 rings (SSSR count). The van der Waals surface area contributed by atoms with Gasteiger partial charge in [0.25, 0.3) is 5.56 Å². The van der Waals surface area contributed by atoms with Gasteiger partial charge < -0.3 is 4.98 Å².